The van der Waals surface area contributed by atoms with Crippen LogP contribution in [-0.2, 0) is 6.42 Å². The van der Waals surface area contributed by atoms with E-state index in [0.29, 0.717) is 24.8 Å². The second kappa shape index (κ2) is 8.78. The molecule has 26 heavy (non-hydrogen) atoms. The minimum Gasteiger partial charge on any atom is -0.490 e. The lowest BCUT2D eigenvalue weighted by Crippen LogP contribution is -2.42. The van der Waals surface area contributed by atoms with E-state index < -0.39 is 0 Å². The van der Waals surface area contributed by atoms with Gasteiger partial charge < -0.3 is 15.0 Å². The van der Waals surface area contributed by atoms with E-state index in [4.69, 9.17) is 16.3 Å². The molecule has 0 aliphatic carbocycles. The topological polar surface area (TPSA) is 36.9 Å². The first-order valence-electron chi connectivity index (χ1n) is 9.09. The largest absolute Gasteiger partial charge is 0.490 e. The number of rotatable bonds is 8. The standard InChI is InChI=1S/C20H26ClN3OS/c1-4-5-6-15-11-14(2)18(17(21)12-15)25-9-8-22-19-16-7-10-26-20(16)23-13-24(19)3/h7,10-12,22H,4-6,8-9,13H2,1-3H3. The molecule has 0 fully saturated rings. The molecular formula is C20H26ClN3OS. The lowest BCUT2D eigenvalue weighted by Gasteiger charge is -2.24. The number of hydrogen-bond donors (Lipinski definition) is 1. The van der Waals surface area contributed by atoms with Gasteiger partial charge in [0.25, 0.3) is 0 Å². The summed E-state index contributed by atoms with van der Waals surface area (Å²) < 4.78 is 7.07. The van der Waals surface area contributed by atoms with Gasteiger partial charge in [-0.25, -0.2) is 0 Å². The van der Waals surface area contributed by atoms with Gasteiger partial charge in [-0.2, -0.15) is 0 Å². The van der Waals surface area contributed by atoms with Crippen LogP contribution in [0.15, 0.2) is 28.6 Å². The molecule has 0 radical (unpaired) electrons. The number of fused-ring (bicyclic) bond motifs is 1. The van der Waals surface area contributed by atoms with Crippen molar-refractivity contribution < 1.29 is 4.74 Å². The molecule has 1 N–H and O–H groups in total. The molecule has 0 atom stereocenters. The molecule has 4 nitrogen and oxygen atoms in total. The van der Waals surface area contributed by atoms with Crippen molar-refractivity contribution in [3.8, 4) is 5.75 Å². The summed E-state index contributed by atoms with van der Waals surface area (Å²) in [7, 11) is 2.04. The molecule has 0 bridgehead atoms. The van der Waals surface area contributed by atoms with Crippen LogP contribution in [-0.4, -0.2) is 31.8 Å². The SMILES string of the molecule is CCCCc1cc(C)c(OCCNC2=c3ccsc3=NCN2C)c(Cl)c1. The number of unbranched alkanes of at least 4 members (excludes halogenated alkanes) is 1. The third kappa shape index (κ3) is 4.33. The Bertz CT molecular complexity index is 854. The third-order valence-electron chi connectivity index (χ3n) is 4.46. The second-order valence-corrected chi connectivity index (χ2v) is 7.89. The van der Waals surface area contributed by atoms with Crippen LogP contribution in [0.5, 0.6) is 5.75 Å². The molecule has 1 aliphatic rings. The average molecular weight is 392 g/mol. The van der Waals surface area contributed by atoms with Gasteiger partial charge in [0, 0.05) is 7.05 Å². The molecule has 2 aromatic rings. The minimum atomic E-state index is 0.558. The van der Waals surface area contributed by atoms with Crippen LogP contribution in [0.25, 0.3) is 5.82 Å². The molecule has 1 aromatic carbocycles. The summed E-state index contributed by atoms with van der Waals surface area (Å²) in [6.45, 7) is 6.22. The molecule has 0 spiro atoms. The van der Waals surface area contributed by atoms with E-state index in [1.807, 2.05) is 13.1 Å². The summed E-state index contributed by atoms with van der Waals surface area (Å²) in [6.07, 6.45) is 3.44. The van der Waals surface area contributed by atoms with E-state index in [1.165, 1.54) is 23.6 Å². The van der Waals surface area contributed by atoms with Gasteiger partial charge in [-0.1, -0.05) is 31.0 Å². The first-order valence-corrected chi connectivity index (χ1v) is 10.3. The first-order chi connectivity index (χ1) is 12.6. The summed E-state index contributed by atoms with van der Waals surface area (Å²) in [5.41, 5.74) is 2.39. The van der Waals surface area contributed by atoms with Crippen molar-refractivity contribution >= 4 is 28.8 Å². The molecule has 3 rings (SSSR count). The predicted octanol–water partition coefficient (Wildman–Crippen LogP) is 3.31. The van der Waals surface area contributed by atoms with Crippen LogP contribution in [0.4, 0.5) is 0 Å². The number of nitrogens with zero attached hydrogens (tertiary/aromatic N) is 2. The highest BCUT2D eigenvalue weighted by Crippen LogP contribution is 2.30. The predicted molar refractivity (Wildman–Crippen MR) is 109 cm³/mol. The molecule has 6 heteroatoms. The van der Waals surface area contributed by atoms with Crippen LogP contribution in [0.2, 0.25) is 5.02 Å². The van der Waals surface area contributed by atoms with Crippen LogP contribution in [0.3, 0.4) is 0 Å². The maximum absolute atomic E-state index is 6.45. The number of thiophene rings is 1. The normalized spacial score (nSPS) is 13.4. The van der Waals surface area contributed by atoms with Crippen molar-refractivity contribution in [2.75, 3.05) is 26.9 Å². The van der Waals surface area contributed by atoms with Crippen molar-refractivity contribution in [2.24, 2.45) is 4.99 Å². The summed E-state index contributed by atoms with van der Waals surface area (Å²) >= 11 is 8.12. The highest BCUT2D eigenvalue weighted by Gasteiger charge is 2.12. The average Bonchev–Trinajstić information content (AvgIpc) is 3.09. The number of ether oxygens (including phenoxy) is 1. The van der Waals surface area contributed by atoms with E-state index in [2.05, 4.69) is 46.6 Å². The van der Waals surface area contributed by atoms with Gasteiger partial charge >= 0.3 is 0 Å². The number of hydrogen-bond acceptors (Lipinski definition) is 5. The lowest BCUT2D eigenvalue weighted by molar-refractivity contribution is 0.314. The van der Waals surface area contributed by atoms with Gasteiger partial charge in [0.1, 0.15) is 29.5 Å². The van der Waals surface area contributed by atoms with Gasteiger partial charge in [0.2, 0.25) is 0 Å². The van der Waals surface area contributed by atoms with Crippen LogP contribution < -0.4 is 19.9 Å². The maximum atomic E-state index is 6.45. The number of benzene rings is 1. The highest BCUT2D eigenvalue weighted by atomic mass is 35.5. The molecule has 0 saturated heterocycles. The van der Waals surface area contributed by atoms with E-state index >= 15 is 0 Å². The highest BCUT2D eigenvalue weighted by molar-refractivity contribution is 7.07. The Kier molecular flexibility index (Phi) is 6.43. The fourth-order valence-corrected chi connectivity index (χ4v) is 4.21. The van der Waals surface area contributed by atoms with Crippen molar-refractivity contribution in [1.82, 2.24) is 10.2 Å². The van der Waals surface area contributed by atoms with Crippen LogP contribution >= 0.6 is 22.9 Å². The number of halogens is 1. The summed E-state index contributed by atoms with van der Waals surface area (Å²) in [5, 5.41) is 7.43. The fraction of sp³-hybridized carbons (Fsp3) is 0.450. The zero-order chi connectivity index (χ0) is 18.5. The fourth-order valence-electron chi connectivity index (χ4n) is 3.11. The Labute approximate surface area is 164 Å². The summed E-state index contributed by atoms with van der Waals surface area (Å²) in [6, 6.07) is 6.33. The van der Waals surface area contributed by atoms with E-state index in [9.17, 15) is 0 Å². The minimum absolute atomic E-state index is 0.558. The summed E-state index contributed by atoms with van der Waals surface area (Å²) in [4.78, 5) is 6.67. The van der Waals surface area contributed by atoms with Crippen molar-refractivity contribution in [1.29, 1.82) is 0 Å². The van der Waals surface area contributed by atoms with Gasteiger partial charge in [-0.3, -0.25) is 4.99 Å². The third-order valence-corrected chi connectivity index (χ3v) is 5.58. The van der Waals surface area contributed by atoms with Gasteiger partial charge in [-0.05, 0) is 48.4 Å². The van der Waals surface area contributed by atoms with Crippen molar-refractivity contribution in [3.05, 3.63) is 49.6 Å². The lowest BCUT2D eigenvalue weighted by atomic mass is 10.1. The van der Waals surface area contributed by atoms with E-state index in [-0.39, 0.29) is 0 Å². The first kappa shape index (κ1) is 19.1. The van der Waals surface area contributed by atoms with Crippen LogP contribution in [0.1, 0.15) is 30.9 Å². The molecule has 2 heterocycles. The molecule has 1 aliphatic heterocycles. The maximum Gasteiger partial charge on any atom is 0.140 e. The number of nitrogens with one attached hydrogen (secondary N) is 1. The van der Waals surface area contributed by atoms with Gasteiger partial charge in [0.15, 0.2) is 0 Å². The second-order valence-electron chi connectivity index (χ2n) is 6.59. The Balaban J connectivity index is 1.61. The van der Waals surface area contributed by atoms with E-state index in [1.54, 1.807) is 11.3 Å². The van der Waals surface area contributed by atoms with Gasteiger partial charge in [-0.15, -0.1) is 11.3 Å². The molecular weight excluding hydrogens is 366 g/mol. The Morgan fingerprint density at radius 3 is 3.00 bits per heavy atom. The smallest absolute Gasteiger partial charge is 0.140 e. The number of aryl methyl sites for hydroxylation is 2. The monoisotopic (exact) mass is 391 g/mol. The molecule has 0 unspecified atom stereocenters. The quantitative estimate of drug-likeness (QED) is 0.701. The molecule has 0 amide bonds. The summed E-state index contributed by atoms with van der Waals surface area (Å²) in [5.74, 6) is 1.90. The van der Waals surface area contributed by atoms with Crippen molar-refractivity contribution in [3.63, 3.8) is 0 Å². The molecule has 140 valence electrons. The Morgan fingerprint density at radius 1 is 1.38 bits per heavy atom. The van der Waals surface area contributed by atoms with Crippen molar-refractivity contribution in [2.45, 2.75) is 33.1 Å². The molecule has 1 aromatic heterocycles. The zero-order valence-electron chi connectivity index (χ0n) is 15.6. The Morgan fingerprint density at radius 2 is 2.23 bits per heavy atom. The van der Waals surface area contributed by atoms with Gasteiger partial charge in [0.05, 0.1) is 16.8 Å². The Hall–Kier alpha value is -1.72. The van der Waals surface area contributed by atoms with Crippen LogP contribution in [0, 0.1) is 6.92 Å². The zero-order valence-corrected chi connectivity index (χ0v) is 17.2. The molecule has 0 saturated carbocycles. The van der Waals surface area contributed by atoms with E-state index in [0.717, 1.165) is 28.2 Å².